The van der Waals surface area contributed by atoms with E-state index in [1.807, 2.05) is 6.07 Å². The van der Waals surface area contributed by atoms with Crippen molar-refractivity contribution in [1.82, 2.24) is 4.98 Å². The fourth-order valence-electron chi connectivity index (χ4n) is 2.63. The van der Waals surface area contributed by atoms with Crippen molar-refractivity contribution in [3.05, 3.63) is 35.5 Å². The van der Waals surface area contributed by atoms with Gasteiger partial charge in [0.2, 0.25) is 5.91 Å². The standard InChI is InChI=1S/C13H14N2O/c14-13(16)8-5-6-10-9-3-1-2-4-11(9)15-12(10)7-8/h1-4,8,15H,5-7H2,(H2,14,16). The van der Waals surface area contributed by atoms with Gasteiger partial charge in [0.15, 0.2) is 0 Å². The van der Waals surface area contributed by atoms with Gasteiger partial charge in [0, 0.05) is 22.5 Å². The maximum Gasteiger partial charge on any atom is 0.220 e. The van der Waals surface area contributed by atoms with Crippen molar-refractivity contribution in [3.8, 4) is 0 Å². The molecule has 0 spiro atoms. The number of aromatic nitrogens is 1. The van der Waals surface area contributed by atoms with E-state index in [0.29, 0.717) is 0 Å². The van der Waals surface area contributed by atoms with Gasteiger partial charge in [0.05, 0.1) is 0 Å². The van der Waals surface area contributed by atoms with Gasteiger partial charge in [-0.05, 0) is 30.9 Å². The van der Waals surface area contributed by atoms with Gasteiger partial charge in [-0.15, -0.1) is 0 Å². The number of amides is 1. The maximum atomic E-state index is 11.2. The van der Waals surface area contributed by atoms with Crippen LogP contribution in [0.3, 0.4) is 0 Å². The summed E-state index contributed by atoms with van der Waals surface area (Å²) < 4.78 is 0. The Morgan fingerprint density at radius 2 is 2.19 bits per heavy atom. The van der Waals surface area contributed by atoms with E-state index in [-0.39, 0.29) is 11.8 Å². The van der Waals surface area contributed by atoms with Gasteiger partial charge in [0.1, 0.15) is 0 Å². The third-order valence-corrected chi connectivity index (χ3v) is 3.50. The number of rotatable bonds is 1. The smallest absolute Gasteiger partial charge is 0.220 e. The molecule has 82 valence electrons. The van der Waals surface area contributed by atoms with E-state index < -0.39 is 0 Å². The molecule has 0 fully saturated rings. The predicted octanol–water partition coefficient (Wildman–Crippen LogP) is 1.76. The first-order valence-corrected chi connectivity index (χ1v) is 5.63. The molecule has 1 amide bonds. The van der Waals surface area contributed by atoms with Crippen LogP contribution in [0.4, 0.5) is 0 Å². The summed E-state index contributed by atoms with van der Waals surface area (Å²) in [6, 6.07) is 8.29. The fourth-order valence-corrected chi connectivity index (χ4v) is 2.63. The van der Waals surface area contributed by atoms with Crippen LogP contribution in [-0.2, 0) is 17.6 Å². The van der Waals surface area contributed by atoms with Crippen molar-refractivity contribution in [1.29, 1.82) is 0 Å². The lowest BCUT2D eigenvalue weighted by Gasteiger charge is -2.19. The third-order valence-electron chi connectivity index (χ3n) is 3.50. The Morgan fingerprint density at radius 1 is 1.38 bits per heavy atom. The SMILES string of the molecule is NC(=O)C1CCc2c([nH]c3ccccc23)C1. The molecule has 1 aliphatic rings. The lowest BCUT2D eigenvalue weighted by Crippen LogP contribution is -2.28. The second-order valence-corrected chi connectivity index (χ2v) is 4.47. The molecule has 3 N–H and O–H groups in total. The Kier molecular flexibility index (Phi) is 1.99. The highest BCUT2D eigenvalue weighted by molar-refractivity contribution is 5.86. The summed E-state index contributed by atoms with van der Waals surface area (Å²) in [6.07, 6.45) is 2.59. The van der Waals surface area contributed by atoms with Crippen LogP contribution in [-0.4, -0.2) is 10.9 Å². The Morgan fingerprint density at radius 3 is 3.00 bits per heavy atom. The molecular weight excluding hydrogens is 200 g/mol. The minimum Gasteiger partial charge on any atom is -0.369 e. The molecule has 1 atom stereocenters. The topological polar surface area (TPSA) is 58.9 Å². The number of fused-ring (bicyclic) bond motifs is 3. The van der Waals surface area contributed by atoms with E-state index in [9.17, 15) is 4.79 Å². The quantitative estimate of drug-likeness (QED) is 0.746. The van der Waals surface area contributed by atoms with Crippen molar-refractivity contribution < 1.29 is 4.79 Å². The van der Waals surface area contributed by atoms with Crippen molar-refractivity contribution >= 4 is 16.8 Å². The molecule has 2 aromatic rings. The van der Waals surface area contributed by atoms with Crippen molar-refractivity contribution in [2.45, 2.75) is 19.3 Å². The summed E-state index contributed by atoms with van der Waals surface area (Å²) in [5.41, 5.74) is 9.09. The van der Waals surface area contributed by atoms with Crippen LogP contribution >= 0.6 is 0 Å². The Hall–Kier alpha value is -1.77. The summed E-state index contributed by atoms with van der Waals surface area (Å²) in [6.45, 7) is 0. The van der Waals surface area contributed by atoms with Gasteiger partial charge in [-0.1, -0.05) is 18.2 Å². The normalized spacial score (nSPS) is 19.6. The number of carbonyl (C=O) groups is 1. The molecule has 1 unspecified atom stereocenters. The van der Waals surface area contributed by atoms with Crippen molar-refractivity contribution in [2.24, 2.45) is 11.7 Å². The van der Waals surface area contributed by atoms with Gasteiger partial charge in [0.25, 0.3) is 0 Å². The van der Waals surface area contributed by atoms with Gasteiger partial charge >= 0.3 is 0 Å². The second-order valence-electron chi connectivity index (χ2n) is 4.47. The first-order valence-electron chi connectivity index (χ1n) is 5.63. The predicted molar refractivity (Wildman–Crippen MR) is 63.0 cm³/mol. The van der Waals surface area contributed by atoms with Crippen LogP contribution in [0.15, 0.2) is 24.3 Å². The summed E-state index contributed by atoms with van der Waals surface area (Å²) >= 11 is 0. The molecule has 0 bridgehead atoms. The number of para-hydroxylation sites is 1. The summed E-state index contributed by atoms with van der Waals surface area (Å²) in [4.78, 5) is 14.6. The average molecular weight is 214 g/mol. The number of nitrogens with two attached hydrogens (primary N) is 1. The van der Waals surface area contributed by atoms with E-state index in [2.05, 4.69) is 23.2 Å². The molecule has 0 aliphatic heterocycles. The molecule has 0 saturated heterocycles. The number of nitrogens with one attached hydrogen (secondary N) is 1. The zero-order chi connectivity index (χ0) is 11.1. The average Bonchev–Trinajstić information content (AvgIpc) is 2.66. The van der Waals surface area contributed by atoms with E-state index in [4.69, 9.17) is 5.73 Å². The van der Waals surface area contributed by atoms with Gasteiger partial charge in [-0.3, -0.25) is 4.79 Å². The molecule has 1 heterocycles. The van der Waals surface area contributed by atoms with Crippen LogP contribution in [0.1, 0.15) is 17.7 Å². The van der Waals surface area contributed by atoms with Crippen LogP contribution in [0.25, 0.3) is 10.9 Å². The zero-order valence-corrected chi connectivity index (χ0v) is 8.99. The van der Waals surface area contributed by atoms with Gasteiger partial charge in [-0.2, -0.15) is 0 Å². The summed E-state index contributed by atoms with van der Waals surface area (Å²) in [7, 11) is 0. The Labute approximate surface area is 93.6 Å². The highest BCUT2D eigenvalue weighted by Gasteiger charge is 2.25. The van der Waals surface area contributed by atoms with Gasteiger partial charge in [-0.25, -0.2) is 0 Å². The molecule has 3 nitrogen and oxygen atoms in total. The molecule has 1 aromatic carbocycles. The number of aromatic amines is 1. The molecule has 0 saturated carbocycles. The van der Waals surface area contributed by atoms with Crippen LogP contribution < -0.4 is 5.73 Å². The van der Waals surface area contributed by atoms with Crippen LogP contribution in [0.5, 0.6) is 0 Å². The van der Waals surface area contributed by atoms with Crippen molar-refractivity contribution in [2.75, 3.05) is 0 Å². The van der Waals surface area contributed by atoms with Crippen LogP contribution in [0, 0.1) is 5.92 Å². The number of hydrogen-bond donors (Lipinski definition) is 2. The molecule has 1 aliphatic carbocycles. The molecule has 0 radical (unpaired) electrons. The number of hydrogen-bond acceptors (Lipinski definition) is 1. The molecule has 16 heavy (non-hydrogen) atoms. The number of carbonyl (C=O) groups excluding carboxylic acids is 1. The first kappa shape index (κ1) is 9.46. The lowest BCUT2D eigenvalue weighted by atomic mass is 9.86. The third kappa shape index (κ3) is 1.32. The number of benzene rings is 1. The Balaban J connectivity index is 2.09. The molecule has 3 heteroatoms. The van der Waals surface area contributed by atoms with E-state index in [1.165, 1.54) is 16.6 Å². The maximum absolute atomic E-state index is 11.2. The molecular formula is C13H14N2O. The lowest BCUT2D eigenvalue weighted by molar-refractivity contribution is -0.122. The highest BCUT2D eigenvalue weighted by atomic mass is 16.1. The monoisotopic (exact) mass is 214 g/mol. The van der Waals surface area contributed by atoms with Crippen molar-refractivity contribution in [3.63, 3.8) is 0 Å². The summed E-state index contributed by atoms with van der Waals surface area (Å²) in [5.74, 6) is -0.176. The number of aryl methyl sites for hydroxylation is 1. The minimum absolute atomic E-state index is 0.000521. The minimum atomic E-state index is -0.177. The van der Waals surface area contributed by atoms with E-state index in [0.717, 1.165) is 24.8 Å². The highest BCUT2D eigenvalue weighted by Crippen LogP contribution is 2.31. The fraction of sp³-hybridized carbons (Fsp3) is 0.308. The summed E-state index contributed by atoms with van der Waals surface area (Å²) in [5, 5.41) is 1.29. The largest absolute Gasteiger partial charge is 0.369 e. The number of H-pyrrole nitrogens is 1. The van der Waals surface area contributed by atoms with Crippen LogP contribution in [0.2, 0.25) is 0 Å². The first-order chi connectivity index (χ1) is 7.75. The molecule has 1 aromatic heterocycles. The zero-order valence-electron chi connectivity index (χ0n) is 8.99. The molecule has 3 rings (SSSR count). The van der Waals surface area contributed by atoms with E-state index in [1.54, 1.807) is 0 Å². The Bertz CT molecular complexity index is 556. The number of primary amides is 1. The second kappa shape index (κ2) is 3.37. The van der Waals surface area contributed by atoms with Gasteiger partial charge < -0.3 is 10.7 Å². The van der Waals surface area contributed by atoms with E-state index >= 15 is 0 Å².